The van der Waals surface area contributed by atoms with Gasteiger partial charge in [-0.15, -0.1) is 0 Å². The molecule has 1 aromatic carbocycles. The van der Waals surface area contributed by atoms with Crippen LogP contribution in [0.2, 0.25) is 0 Å². The van der Waals surface area contributed by atoms with Crippen LogP contribution in [0.3, 0.4) is 0 Å². The summed E-state index contributed by atoms with van der Waals surface area (Å²) in [5, 5.41) is 6.34. The molecular formula is C17H27N3O. The first-order valence-electron chi connectivity index (χ1n) is 8.02. The first-order valence-corrected chi connectivity index (χ1v) is 8.02. The monoisotopic (exact) mass is 289 g/mol. The van der Waals surface area contributed by atoms with Crippen LogP contribution in [-0.2, 0) is 0 Å². The van der Waals surface area contributed by atoms with Gasteiger partial charge < -0.3 is 16.4 Å². The van der Waals surface area contributed by atoms with Crippen LogP contribution in [0.25, 0.3) is 0 Å². The normalized spacial score (nSPS) is 16.7. The van der Waals surface area contributed by atoms with Gasteiger partial charge in [-0.3, -0.25) is 4.79 Å². The van der Waals surface area contributed by atoms with Crippen molar-refractivity contribution < 1.29 is 4.79 Å². The van der Waals surface area contributed by atoms with E-state index in [2.05, 4.69) is 17.6 Å². The highest BCUT2D eigenvalue weighted by molar-refractivity contribution is 6.00. The Labute approximate surface area is 127 Å². The first kappa shape index (κ1) is 15.7. The van der Waals surface area contributed by atoms with E-state index in [0.29, 0.717) is 23.2 Å². The molecule has 21 heavy (non-hydrogen) atoms. The lowest BCUT2D eigenvalue weighted by atomic mass is 9.83. The van der Waals surface area contributed by atoms with Crippen LogP contribution in [0, 0.1) is 5.41 Å². The Morgan fingerprint density at radius 3 is 2.62 bits per heavy atom. The van der Waals surface area contributed by atoms with E-state index in [4.69, 9.17) is 5.73 Å². The summed E-state index contributed by atoms with van der Waals surface area (Å²) in [7, 11) is 0. The summed E-state index contributed by atoms with van der Waals surface area (Å²) in [5.74, 6) is -0.0445. The molecule has 116 valence electrons. The molecule has 0 radical (unpaired) electrons. The molecule has 1 aliphatic rings. The number of carbonyl (C=O) groups is 1. The van der Waals surface area contributed by atoms with Gasteiger partial charge in [0.1, 0.15) is 0 Å². The number of carbonyl (C=O) groups excluding carboxylic acids is 1. The van der Waals surface area contributed by atoms with Crippen molar-refractivity contribution in [2.24, 2.45) is 5.41 Å². The second-order valence-corrected chi connectivity index (χ2v) is 6.08. The van der Waals surface area contributed by atoms with Crippen LogP contribution in [-0.4, -0.2) is 19.0 Å². The minimum atomic E-state index is -0.0445. The molecule has 0 atom stereocenters. The van der Waals surface area contributed by atoms with E-state index in [9.17, 15) is 4.79 Å². The molecule has 4 heteroatoms. The molecule has 4 nitrogen and oxygen atoms in total. The van der Waals surface area contributed by atoms with E-state index in [0.717, 1.165) is 12.2 Å². The van der Waals surface area contributed by atoms with E-state index in [1.54, 1.807) is 12.1 Å². The van der Waals surface area contributed by atoms with E-state index in [1.165, 1.54) is 32.1 Å². The predicted octanol–water partition coefficient (Wildman–Crippen LogP) is 3.40. The average Bonchev–Trinajstić information content (AvgIpc) is 2.95. The zero-order valence-corrected chi connectivity index (χ0v) is 13.2. The molecule has 0 bridgehead atoms. The molecule has 1 aliphatic carbocycles. The summed E-state index contributed by atoms with van der Waals surface area (Å²) >= 11 is 0. The Kier molecular flexibility index (Phi) is 5.10. The fraction of sp³-hybridized carbons (Fsp3) is 0.588. The Morgan fingerprint density at radius 2 is 2.00 bits per heavy atom. The number of amides is 1. The Balaban J connectivity index is 2.14. The third-order valence-corrected chi connectivity index (χ3v) is 4.69. The standard InChI is InChI=1S/C17H27N3O/c1-3-17(9-5-6-10-17)12-20-15-11-13(18)7-8-14(15)16(21)19-4-2/h7-8,11,20H,3-6,9-10,12,18H2,1-2H3,(H,19,21). The molecule has 0 aliphatic heterocycles. The van der Waals surface area contributed by atoms with Crippen molar-refractivity contribution in [2.45, 2.75) is 46.0 Å². The van der Waals surface area contributed by atoms with Crippen molar-refractivity contribution in [3.05, 3.63) is 23.8 Å². The molecule has 4 N–H and O–H groups in total. The Hall–Kier alpha value is -1.71. The van der Waals surface area contributed by atoms with Crippen molar-refractivity contribution in [1.82, 2.24) is 5.32 Å². The third-order valence-electron chi connectivity index (χ3n) is 4.69. The molecule has 0 unspecified atom stereocenters. The minimum Gasteiger partial charge on any atom is -0.399 e. The van der Waals surface area contributed by atoms with Crippen molar-refractivity contribution in [3.8, 4) is 0 Å². The highest BCUT2D eigenvalue weighted by atomic mass is 16.1. The molecule has 1 amide bonds. The topological polar surface area (TPSA) is 67.2 Å². The van der Waals surface area contributed by atoms with Gasteiger partial charge in [-0.05, 0) is 49.8 Å². The fourth-order valence-corrected chi connectivity index (χ4v) is 3.22. The summed E-state index contributed by atoms with van der Waals surface area (Å²) in [6.07, 6.45) is 6.36. The Bertz CT molecular complexity index is 493. The molecule has 1 saturated carbocycles. The highest BCUT2D eigenvalue weighted by Crippen LogP contribution is 2.41. The zero-order valence-electron chi connectivity index (χ0n) is 13.2. The number of nitrogens with one attached hydrogen (secondary N) is 2. The minimum absolute atomic E-state index is 0.0445. The molecule has 0 spiro atoms. The number of nitrogens with two attached hydrogens (primary N) is 1. The number of anilines is 2. The highest BCUT2D eigenvalue weighted by Gasteiger charge is 2.31. The Morgan fingerprint density at radius 1 is 1.29 bits per heavy atom. The summed E-state index contributed by atoms with van der Waals surface area (Å²) < 4.78 is 0. The quantitative estimate of drug-likeness (QED) is 0.703. The van der Waals surface area contributed by atoms with Gasteiger partial charge in [0.2, 0.25) is 0 Å². The molecule has 1 fully saturated rings. The lowest BCUT2D eigenvalue weighted by molar-refractivity contribution is 0.0956. The molecule has 0 heterocycles. The summed E-state index contributed by atoms with van der Waals surface area (Å²) in [4.78, 5) is 12.1. The average molecular weight is 289 g/mol. The largest absolute Gasteiger partial charge is 0.399 e. The molecule has 0 aromatic heterocycles. The van der Waals surface area contributed by atoms with E-state index in [-0.39, 0.29) is 5.91 Å². The third kappa shape index (κ3) is 3.69. The summed E-state index contributed by atoms with van der Waals surface area (Å²) in [5.41, 5.74) is 8.46. The maximum Gasteiger partial charge on any atom is 0.253 e. The molecular weight excluding hydrogens is 262 g/mol. The van der Waals surface area contributed by atoms with Crippen LogP contribution in [0.5, 0.6) is 0 Å². The van der Waals surface area contributed by atoms with Gasteiger partial charge in [0.25, 0.3) is 5.91 Å². The molecule has 1 aromatic rings. The second kappa shape index (κ2) is 6.83. The lowest BCUT2D eigenvalue weighted by Crippen LogP contribution is -2.28. The van der Waals surface area contributed by atoms with Crippen LogP contribution in [0.1, 0.15) is 56.3 Å². The van der Waals surface area contributed by atoms with Gasteiger partial charge >= 0.3 is 0 Å². The fourth-order valence-electron chi connectivity index (χ4n) is 3.22. The van der Waals surface area contributed by atoms with Gasteiger partial charge in [-0.1, -0.05) is 19.8 Å². The van der Waals surface area contributed by atoms with Gasteiger partial charge in [0, 0.05) is 24.5 Å². The number of benzene rings is 1. The van der Waals surface area contributed by atoms with E-state index in [1.807, 2.05) is 13.0 Å². The van der Waals surface area contributed by atoms with Gasteiger partial charge in [-0.2, -0.15) is 0 Å². The molecule has 0 saturated heterocycles. The first-order chi connectivity index (χ1) is 10.1. The maximum absolute atomic E-state index is 12.1. The predicted molar refractivity (Wildman–Crippen MR) is 88.5 cm³/mol. The van der Waals surface area contributed by atoms with Crippen molar-refractivity contribution in [2.75, 3.05) is 24.1 Å². The number of hydrogen-bond acceptors (Lipinski definition) is 3. The van der Waals surface area contributed by atoms with Gasteiger partial charge in [0.05, 0.1) is 5.56 Å². The van der Waals surface area contributed by atoms with Gasteiger partial charge in [0.15, 0.2) is 0 Å². The van der Waals surface area contributed by atoms with Crippen LogP contribution in [0.4, 0.5) is 11.4 Å². The number of hydrogen-bond donors (Lipinski definition) is 3. The maximum atomic E-state index is 12.1. The second-order valence-electron chi connectivity index (χ2n) is 6.08. The molecule has 2 rings (SSSR count). The van der Waals surface area contributed by atoms with Crippen molar-refractivity contribution in [3.63, 3.8) is 0 Å². The van der Waals surface area contributed by atoms with E-state index < -0.39 is 0 Å². The lowest BCUT2D eigenvalue weighted by Gasteiger charge is -2.28. The van der Waals surface area contributed by atoms with E-state index >= 15 is 0 Å². The summed E-state index contributed by atoms with van der Waals surface area (Å²) in [6, 6.07) is 5.44. The number of rotatable bonds is 6. The van der Waals surface area contributed by atoms with Crippen molar-refractivity contribution >= 4 is 17.3 Å². The van der Waals surface area contributed by atoms with Crippen LogP contribution < -0.4 is 16.4 Å². The van der Waals surface area contributed by atoms with Gasteiger partial charge in [-0.25, -0.2) is 0 Å². The van der Waals surface area contributed by atoms with Crippen LogP contribution in [0.15, 0.2) is 18.2 Å². The van der Waals surface area contributed by atoms with Crippen LogP contribution >= 0.6 is 0 Å². The SMILES string of the molecule is CCNC(=O)c1ccc(N)cc1NCC1(CC)CCCC1. The summed E-state index contributed by atoms with van der Waals surface area (Å²) in [6.45, 7) is 5.73. The smallest absolute Gasteiger partial charge is 0.253 e. The van der Waals surface area contributed by atoms with Crippen molar-refractivity contribution in [1.29, 1.82) is 0 Å². The number of nitrogen functional groups attached to an aromatic ring is 1. The zero-order chi connectivity index (χ0) is 15.3.